The van der Waals surface area contributed by atoms with Gasteiger partial charge in [0.15, 0.2) is 6.04 Å². The minimum atomic E-state index is -3.54. The summed E-state index contributed by atoms with van der Waals surface area (Å²) in [6.45, 7) is 5.35. The normalized spacial score (nSPS) is 16.6. The van der Waals surface area contributed by atoms with Crippen molar-refractivity contribution in [2.24, 2.45) is 0 Å². The number of carbonyl (C=O) groups excluding carboxylic acids is 1. The molecule has 1 aromatic carbocycles. The van der Waals surface area contributed by atoms with E-state index in [0.29, 0.717) is 5.69 Å². The molecule has 3 N–H and O–H groups in total. The van der Waals surface area contributed by atoms with E-state index in [-0.39, 0.29) is 16.8 Å². The number of hydrogen-bond donors (Lipinski definition) is 2. The number of piperazine rings is 1. The average Bonchev–Trinajstić information content (AvgIpc) is 2.74. The molecule has 1 saturated heterocycles. The van der Waals surface area contributed by atoms with Crippen molar-refractivity contribution in [3.63, 3.8) is 0 Å². The molecule has 1 fully saturated rings. The van der Waals surface area contributed by atoms with Crippen LogP contribution in [0.1, 0.15) is 6.92 Å². The van der Waals surface area contributed by atoms with Crippen LogP contribution in [-0.2, 0) is 14.8 Å². The number of carbonyl (C=O) groups is 1. The summed E-state index contributed by atoms with van der Waals surface area (Å²) in [6.07, 6.45) is 1.91. The molecule has 0 unspecified atom stereocenters. The van der Waals surface area contributed by atoms with Gasteiger partial charge in [0.05, 0.1) is 11.1 Å². The molecule has 156 valence electrons. The Morgan fingerprint density at radius 1 is 1.17 bits per heavy atom. The third-order valence-corrected chi connectivity index (χ3v) is 7.14. The minimum Gasteiger partial charge on any atom is -0.321 e. The molecule has 1 aromatic heterocycles. The highest BCUT2D eigenvalue weighted by atomic mass is 32.2. The summed E-state index contributed by atoms with van der Waals surface area (Å²) in [5, 5.41) is 2.87. The third kappa shape index (κ3) is 4.92. The van der Waals surface area contributed by atoms with Crippen LogP contribution in [0.2, 0.25) is 0 Å². The van der Waals surface area contributed by atoms with Gasteiger partial charge in [-0.3, -0.25) is 9.69 Å². The molecule has 9 heteroatoms. The largest absolute Gasteiger partial charge is 0.321 e. The SMILES string of the molecule is C[C@@H](C(=O)Nc1cccc(S(=O)(=O)N(C)C)c1)[NH+]1CCN(c2cccc[nH+]2)CC1. The number of nitrogens with one attached hydrogen (secondary N) is 3. The Bertz CT molecular complexity index is 942. The molecule has 8 nitrogen and oxygen atoms in total. The Morgan fingerprint density at radius 2 is 1.90 bits per heavy atom. The molecule has 0 aliphatic carbocycles. The van der Waals surface area contributed by atoms with Crippen LogP contribution in [0.3, 0.4) is 0 Å². The van der Waals surface area contributed by atoms with Gasteiger partial charge in [0.25, 0.3) is 11.7 Å². The maximum absolute atomic E-state index is 12.7. The number of H-pyrrole nitrogens is 1. The van der Waals surface area contributed by atoms with Crippen LogP contribution >= 0.6 is 0 Å². The van der Waals surface area contributed by atoms with Crippen LogP contribution in [0, 0.1) is 0 Å². The second-order valence-corrected chi connectivity index (χ2v) is 9.57. The molecule has 2 aromatic rings. The lowest BCUT2D eigenvalue weighted by atomic mass is 10.2. The fourth-order valence-corrected chi connectivity index (χ4v) is 4.38. The van der Waals surface area contributed by atoms with Crippen LogP contribution in [0.5, 0.6) is 0 Å². The van der Waals surface area contributed by atoms with Crippen LogP contribution in [0.15, 0.2) is 53.6 Å². The molecule has 1 atom stereocenters. The lowest BCUT2D eigenvalue weighted by Gasteiger charge is -2.31. The van der Waals surface area contributed by atoms with E-state index in [4.69, 9.17) is 0 Å². The Balaban J connectivity index is 1.60. The van der Waals surface area contributed by atoms with E-state index in [2.05, 4.69) is 21.3 Å². The van der Waals surface area contributed by atoms with Gasteiger partial charge in [-0.2, -0.15) is 0 Å². The number of hydrogen-bond acceptors (Lipinski definition) is 4. The first-order valence-corrected chi connectivity index (χ1v) is 11.1. The summed E-state index contributed by atoms with van der Waals surface area (Å²) in [5.74, 6) is 0.974. The molecule has 29 heavy (non-hydrogen) atoms. The Morgan fingerprint density at radius 3 is 2.52 bits per heavy atom. The summed E-state index contributed by atoms with van der Waals surface area (Å²) in [6, 6.07) is 12.2. The van der Waals surface area contributed by atoms with Gasteiger partial charge in [-0.05, 0) is 31.2 Å². The average molecular weight is 420 g/mol. The minimum absolute atomic E-state index is 0.112. The molecule has 3 rings (SSSR count). The summed E-state index contributed by atoms with van der Waals surface area (Å²) in [5.41, 5.74) is 0.488. The van der Waals surface area contributed by atoms with E-state index in [1.54, 1.807) is 12.1 Å². The number of quaternary nitrogens is 1. The van der Waals surface area contributed by atoms with Crippen molar-refractivity contribution in [3.8, 4) is 0 Å². The highest BCUT2D eigenvalue weighted by molar-refractivity contribution is 7.89. The highest BCUT2D eigenvalue weighted by Gasteiger charge is 2.32. The first-order valence-electron chi connectivity index (χ1n) is 9.69. The lowest BCUT2D eigenvalue weighted by molar-refractivity contribution is -0.914. The maximum Gasteiger partial charge on any atom is 0.282 e. The van der Waals surface area contributed by atoms with E-state index in [0.717, 1.165) is 36.3 Å². The number of benzene rings is 1. The molecule has 2 heterocycles. The zero-order valence-corrected chi connectivity index (χ0v) is 17.9. The van der Waals surface area contributed by atoms with Crippen LogP contribution in [-0.4, -0.2) is 64.9 Å². The van der Waals surface area contributed by atoms with Crippen LogP contribution in [0.25, 0.3) is 0 Å². The number of anilines is 2. The van der Waals surface area contributed by atoms with Crippen molar-refractivity contribution in [2.45, 2.75) is 17.9 Å². The number of pyridine rings is 1. The van der Waals surface area contributed by atoms with Gasteiger partial charge in [0.2, 0.25) is 10.0 Å². The first kappa shape index (κ1) is 21.2. The molecule has 0 saturated carbocycles. The van der Waals surface area contributed by atoms with Gasteiger partial charge in [-0.15, -0.1) is 0 Å². The van der Waals surface area contributed by atoms with Crippen LogP contribution < -0.4 is 20.1 Å². The number of nitrogens with zero attached hydrogens (tertiary/aromatic N) is 2. The number of aromatic amines is 1. The molecule has 0 radical (unpaired) electrons. The summed E-state index contributed by atoms with van der Waals surface area (Å²) >= 11 is 0. The third-order valence-electron chi connectivity index (χ3n) is 5.32. The zero-order valence-electron chi connectivity index (χ0n) is 17.1. The van der Waals surface area contributed by atoms with Gasteiger partial charge >= 0.3 is 0 Å². The van der Waals surface area contributed by atoms with Crippen molar-refractivity contribution in [3.05, 3.63) is 48.7 Å². The van der Waals surface area contributed by atoms with Crippen molar-refractivity contribution in [1.29, 1.82) is 0 Å². The molecular weight excluding hydrogens is 390 g/mol. The van der Waals surface area contributed by atoms with Gasteiger partial charge in [0.1, 0.15) is 26.2 Å². The smallest absolute Gasteiger partial charge is 0.282 e. The molecule has 1 aliphatic rings. The van der Waals surface area contributed by atoms with Gasteiger partial charge in [-0.1, -0.05) is 12.1 Å². The van der Waals surface area contributed by atoms with Gasteiger partial charge in [-0.25, -0.2) is 17.7 Å². The van der Waals surface area contributed by atoms with Crippen LogP contribution in [0.4, 0.5) is 11.5 Å². The standard InChI is InChI=1S/C20H27N5O3S/c1-16(24-11-13-25(14-12-24)19-9-4-5-10-21-19)20(26)22-17-7-6-8-18(15-17)29(27,28)23(2)3/h4-10,15-16H,11-14H2,1-3H3,(H,22,26)/p+2/t16-/m0/s1. The lowest BCUT2D eigenvalue weighted by Crippen LogP contribution is -3.19. The van der Waals surface area contributed by atoms with Gasteiger partial charge in [0, 0.05) is 25.8 Å². The Kier molecular flexibility index (Phi) is 6.51. The fraction of sp³-hybridized carbons (Fsp3) is 0.400. The maximum atomic E-state index is 12.7. The predicted octanol–water partition coefficient (Wildman–Crippen LogP) is -0.517. The number of aromatic nitrogens is 1. The van der Waals surface area contributed by atoms with Crippen molar-refractivity contribution in [2.75, 3.05) is 50.5 Å². The van der Waals surface area contributed by atoms with E-state index in [1.165, 1.54) is 31.1 Å². The molecule has 0 bridgehead atoms. The fourth-order valence-electron chi connectivity index (χ4n) is 3.43. The Hall–Kier alpha value is -2.49. The number of rotatable bonds is 6. The predicted molar refractivity (Wildman–Crippen MR) is 111 cm³/mol. The molecule has 0 spiro atoms. The van der Waals surface area contributed by atoms with Crippen molar-refractivity contribution in [1.82, 2.24) is 4.31 Å². The summed E-state index contributed by atoms with van der Waals surface area (Å²) in [7, 11) is -0.570. The molecular formula is C20H29N5O3S+2. The summed E-state index contributed by atoms with van der Waals surface area (Å²) < 4.78 is 25.8. The monoisotopic (exact) mass is 419 g/mol. The van der Waals surface area contributed by atoms with Crippen molar-refractivity contribution >= 4 is 27.4 Å². The Labute approximate surface area is 172 Å². The topological polar surface area (TPSA) is 88.3 Å². The molecule has 1 aliphatic heterocycles. The number of amides is 1. The zero-order chi connectivity index (χ0) is 21.0. The first-order chi connectivity index (χ1) is 13.8. The quantitative estimate of drug-likeness (QED) is 0.660. The highest BCUT2D eigenvalue weighted by Crippen LogP contribution is 2.18. The van der Waals surface area contributed by atoms with Gasteiger partial charge < -0.3 is 10.2 Å². The van der Waals surface area contributed by atoms with E-state index >= 15 is 0 Å². The number of sulfonamides is 1. The second-order valence-electron chi connectivity index (χ2n) is 7.42. The van der Waals surface area contributed by atoms with E-state index in [1.807, 2.05) is 25.3 Å². The summed E-state index contributed by atoms with van der Waals surface area (Å²) in [4.78, 5) is 19.7. The molecule has 1 amide bonds. The van der Waals surface area contributed by atoms with E-state index in [9.17, 15) is 13.2 Å². The van der Waals surface area contributed by atoms with Crippen molar-refractivity contribution < 1.29 is 23.1 Å². The second kappa shape index (κ2) is 8.89. The van der Waals surface area contributed by atoms with E-state index < -0.39 is 10.0 Å².